The molecular formula is C24H24FN7O. The highest BCUT2D eigenvalue weighted by Gasteiger charge is 2.12. The van der Waals surface area contributed by atoms with Gasteiger partial charge in [-0.3, -0.25) is 4.68 Å². The number of ether oxygens (including phenoxy) is 1. The summed E-state index contributed by atoms with van der Waals surface area (Å²) in [5.74, 6) is 0.431. The first-order valence-corrected chi connectivity index (χ1v) is 10.7. The van der Waals surface area contributed by atoms with Gasteiger partial charge in [0, 0.05) is 28.9 Å². The van der Waals surface area contributed by atoms with E-state index in [1.807, 2.05) is 48.1 Å². The van der Waals surface area contributed by atoms with Crippen molar-refractivity contribution in [3.63, 3.8) is 0 Å². The van der Waals surface area contributed by atoms with Gasteiger partial charge in [0.25, 0.3) is 0 Å². The van der Waals surface area contributed by atoms with Crippen LogP contribution in [-0.4, -0.2) is 37.0 Å². The van der Waals surface area contributed by atoms with E-state index >= 15 is 0 Å². The van der Waals surface area contributed by atoms with Crippen molar-refractivity contribution < 1.29 is 9.13 Å². The Labute approximate surface area is 189 Å². The predicted molar refractivity (Wildman–Crippen MR) is 125 cm³/mol. The fraction of sp³-hybridized carbons (Fsp3) is 0.208. The van der Waals surface area contributed by atoms with E-state index in [0.717, 1.165) is 33.2 Å². The first kappa shape index (κ1) is 21.0. The molecule has 3 N–H and O–H groups in total. The molecule has 9 heteroatoms. The summed E-state index contributed by atoms with van der Waals surface area (Å²) < 4.78 is 22.9. The van der Waals surface area contributed by atoms with Crippen LogP contribution in [0.25, 0.3) is 16.4 Å². The smallest absolute Gasteiger partial charge is 0.158 e. The van der Waals surface area contributed by atoms with E-state index in [9.17, 15) is 4.39 Å². The highest BCUT2D eigenvalue weighted by molar-refractivity contribution is 5.85. The van der Waals surface area contributed by atoms with E-state index in [-0.39, 0.29) is 11.9 Å². The molecule has 33 heavy (non-hydrogen) atoms. The zero-order chi connectivity index (χ0) is 22.8. The highest BCUT2D eigenvalue weighted by Crippen LogP contribution is 2.26. The minimum Gasteiger partial charge on any atom is -0.375 e. The lowest BCUT2D eigenvalue weighted by Gasteiger charge is -2.10. The molecule has 8 nitrogen and oxygen atoms in total. The van der Waals surface area contributed by atoms with Crippen molar-refractivity contribution in [1.82, 2.24) is 24.4 Å². The molecule has 0 aliphatic carbocycles. The molecule has 0 saturated heterocycles. The molecule has 3 aromatic heterocycles. The van der Waals surface area contributed by atoms with Gasteiger partial charge in [-0.2, -0.15) is 10.2 Å². The highest BCUT2D eigenvalue weighted by atomic mass is 19.1. The number of nitrogens with zero attached hydrogens (tertiary/aromatic N) is 5. The molecule has 3 heterocycles. The number of benzene rings is 2. The summed E-state index contributed by atoms with van der Waals surface area (Å²) in [6, 6.07) is 14.5. The van der Waals surface area contributed by atoms with Crippen molar-refractivity contribution in [2.75, 3.05) is 11.9 Å². The third-order valence-electron chi connectivity index (χ3n) is 5.30. The lowest BCUT2D eigenvalue weighted by molar-refractivity contribution is 0.112. The molecule has 2 aromatic carbocycles. The van der Waals surface area contributed by atoms with Gasteiger partial charge in [-0.15, -0.1) is 0 Å². The van der Waals surface area contributed by atoms with Gasteiger partial charge in [0.2, 0.25) is 0 Å². The standard InChI is InChI=1S/C24H24FN7O/c1-16(26)13-33-14-18-7-8-31-23(18)24(27-15-29-31)30-21-5-6-22-19(10-21)11-28-32(22)12-17-3-2-4-20(25)9-17/h2-11,15-16H,12-14,26H2,1H3,(H,27,29,30)/t16-/m0/s1. The number of nitrogens with two attached hydrogens (primary N) is 1. The number of anilines is 2. The normalized spacial score (nSPS) is 12.5. The molecule has 5 aromatic rings. The Kier molecular flexibility index (Phi) is 5.72. The van der Waals surface area contributed by atoms with Gasteiger partial charge in [-0.05, 0) is 48.9 Å². The summed E-state index contributed by atoms with van der Waals surface area (Å²) >= 11 is 0. The van der Waals surface area contributed by atoms with Crippen LogP contribution in [0, 0.1) is 5.82 Å². The lowest BCUT2D eigenvalue weighted by atomic mass is 10.2. The maximum Gasteiger partial charge on any atom is 0.158 e. The number of halogens is 1. The van der Waals surface area contributed by atoms with Crippen LogP contribution in [0.3, 0.4) is 0 Å². The molecule has 0 fully saturated rings. The summed E-state index contributed by atoms with van der Waals surface area (Å²) in [6.45, 7) is 3.30. The van der Waals surface area contributed by atoms with Crippen molar-refractivity contribution in [2.24, 2.45) is 5.73 Å². The lowest BCUT2D eigenvalue weighted by Crippen LogP contribution is -2.21. The van der Waals surface area contributed by atoms with Gasteiger partial charge in [0.05, 0.1) is 31.5 Å². The molecule has 0 aliphatic rings. The molecule has 1 atom stereocenters. The number of rotatable bonds is 8. The monoisotopic (exact) mass is 445 g/mol. The summed E-state index contributed by atoms with van der Waals surface area (Å²) in [5.41, 5.74) is 10.3. The summed E-state index contributed by atoms with van der Waals surface area (Å²) in [5, 5.41) is 13.1. The Balaban J connectivity index is 1.40. The SMILES string of the molecule is C[C@H](N)COCc1ccn2ncnc(Nc3ccc4c(cnn4Cc4cccc(F)c4)c3)c12. The van der Waals surface area contributed by atoms with E-state index in [1.54, 1.807) is 16.8 Å². The number of hydrogen-bond acceptors (Lipinski definition) is 6. The van der Waals surface area contributed by atoms with Crippen molar-refractivity contribution in [3.05, 3.63) is 84.2 Å². The first-order chi connectivity index (χ1) is 16.1. The van der Waals surface area contributed by atoms with Crippen LogP contribution in [0.1, 0.15) is 18.1 Å². The van der Waals surface area contributed by atoms with E-state index < -0.39 is 0 Å². The predicted octanol–water partition coefficient (Wildman–Crippen LogP) is 3.87. The Bertz CT molecular complexity index is 1410. The average molecular weight is 446 g/mol. The quantitative estimate of drug-likeness (QED) is 0.376. The Morgan fingerprint density at radius 3 is 2.91 bits per heavy atom. The maximum atomic E-state index is 13.5. The molecule has 5 rings (SSSR count). The van der Waals surface area contributed by atoms with E-state index in [2.05, 4.69) is 20.5 Å². The summed E-state index contributed by atoms with van der Waals surface area (Å²) in [4.78, 5) is 4.45. The first-order valence-electron chi connectivity index (χ1n) is 10.7. The van der Waals surface area contributed by atoms with E-state index in [0.29, 0.717) is 25.6 Å². The average Bonchev–Trinajstić information content (AvgIpc) is 3.38. The van der Waals surface area contributed by atoms with Crippen LogP contribution in [-0.2, 0) is 17.9 Å². The molecule has 0 aliphatic heterocycles. The summed E-state index contributed by atoms with van der Waals surface area (Å²) in [7, 11) is 0. The second-order valence-corrected chi connectivity index (χ2v) is 8.07. The number of nitrogens with one attached hydrogen (secondary N) is 1. The van der Waals surface area contributed by atoms with Crippen LogP contribution in [0.4, 0.5) is 15.9 Å². The molecule has 0 bridgehead atoms. The van der Waals surface area contributed by atoms with Crippen LogP contribution < -0.4 is 11.1 Å². The van der Waals surface area contributed by atoms with Crippen molar-refractivity contribution in [3.8, 4) is 0 Å². The largest absolute Gasteiger partial charge is 0.375 e. The van der Waals surface area contributed by atoms with Gasteiger partial charge >= 0.3 is 0 Å². The minimum absolute atomic E-state index is 0.0266. The van der Waals surface area contributed by atoms with Gasteiger partial charge in [0.15, 0.2) is 5.82 Å². The zero-order valence-electron chi connectivity index (χ0n) is 18.1. The molecule has 0 saturated carbocycles. The second kappa shape index (κ2) is 8.97. The number of fused-ring (bicyclic) bond motifs is 2. The molecular weight excluding hydrogens is 421 g/mol. The number of hydrogen-bond donors (Lipinski definition) is 2. The van der Waals surface area contributed by atoms with Gasteiger partial charge in [-0.25, -0.2) is 13.9 Å². The van der Waals surface area contributed by atoms with Crippen LogP contribution in [0.15, 0.2) is 67.3 Å². The third-order valence-corrected chi connectivity index (χ3v) is 5.30. The Morgan fingerprint density at radius 1 is 1.15 bits per heavy atom. The van der Waals surface area contributed by atoms with E-state index in [4.69, 9.17) is 10.5 Å². The van der Waals surface area contributed by atoms with Crippen LogP contribution >= 0.6 is 0 Å². The van der Waals surface area contributed by atoms with E-state index in [1.165, 1.54) is 18.5 Å². The molecule has 0 spiro atoms. The number of aromatic nitrogens is 5. The van der Waals surface area contributed by atoms with Gasteiger partial charge < -0.3 is 15.8 Å². The van der Waals surface area contributed by atoms with Crippen molar-refractivity contribution in [1.29, 1.82) is 0 Å². The maximum absolute atomic E-state index is 13.5. The Hall–Kier alpha value is -3.82. The summed E-state index contributed by atoms with van der Waals surface area (Å²) in [6.07, 6.45) is 5.20. The topological polar surface area (TPSA) is 95.3 Å². The fourth-order valence-corrected chi connectivity index (χ4v) is 3.82. The molecule has 0 radical (unpaired) electrons. The van der Waals surface area contributed by atoms with Crippen molar-refractivity contribution >= 4 is 27.9 Å². The second-order valence-electron chi connectivity index (χ2n) is 8.07. The van der Waals surface area contributed by atoms with Crippen molar-refractivity contribution in [2.45, 2.75) is 26.1 Å². The van der Waals surface area contributed by atoms with Crippen LogP contribution in [0.5, 0.6) is 0 Å². The third kappa shape index (κ3) is 4.55. The molecule has 0 amide bonds. The van der Waals surface area contributed by atoms with Gasteiger partial charge in [0.1, 0.15) is 17.7 Å². The molecule has 168 valence electrons. The molecule has 0 unspecified atom stereocenters. The Morgan fingerprint density at radius 2 is 2.06 bits per heavy atom. The zero-order valence-corrected chi connectivity index (χ0v) is 18.1. The van der Waals surface area contributed by atoms with Gasteiger partial charge in [-0.1, -0.05) is 12.1 Å². The fourth-order valence-electron chi connectivity index (χ4n) is 3.82. The van der Waals surface area contributed by atoms with Crippen LogP contribution in [0.2, 0.25) is 0 Å². The minimum atomic E-state index is -0.251.